The SMILES string of the molecule is COc1cc(NSc2cccnc2Cl)cnc1OC. The van der Waals surface area contributed by atoms with Gasteiger partial charge in [-0.3, -0.25) is 0 Å². The Hall–Kier alpha value is -1.66. The minimum Gasteiger partial charge on any atom is -0.491 e. The Bertz CT molecular complexity index is 568. The molecule has 2 aromatic heterocycles. The summed E-state index contributed by atoms with van der Waals surface area (Å²) in [5.41, 5.74) is 0.780. The normalized spacial score (nSPS) is 10.1. The van der Waals surface area contributed by atoms with Crippen molar-refractivity contribution in [3.8, 4) is 11.6 Å². The summed E-state index contributed by atoms with van der Waals surface area (Å²) in [4.78, 5) is 8.96. The molecular weight excluding hydrogens is 286 g/mol. The molecule has 0 saturated carbocycles. The summed E-state index contributed by atoms with van der Waals surface area (Å²) < 4.78 is 13.4. The molecule has 0 unspecified atom stereocenters. The highest BCUT2D eigenvalue weighted by atomic mass is 35.5. The predicted octanol–water partition coefficient (Wildman–Crippen LogP) is 3.27. The number of nitrogens with zero attached hydrogens (tertiary/aromatic N) is 2. The third-order valence-electron chi connectivity index (χ3n) is 2.24. The van der Waals surface area contributed by atoms with Gasteiger partial charge in [-0.15, -0.1) is 0 Å². The van der Waals surface area contributed by atoms with Crippen LogP contribution in [0, 0.1) is 0 Å². The van der Waals surface area contributed by atoms with Crippen LogP contribution in [-0.4, -0.2) is 24.2 Å². The van der Waals surface area contributed by atoms with Crippen LogP contribution in [-0.2, 0) is 0 Å². The molecule has 7 heteroatoms. The molecule has 0 aromatic carbocycles. The lowest BCUT2D eigenvalue weighted by Gasteiger charge is -2.09. The number of nitrogens with one attached hydrogen (secondary N) is 1. The zero-order valence-corrected chi connectivity index (χ0v) is 12.0. The molecular formula is C12H12ClN3O2S. The number of halogens is 1. The van der Waals surface area contributed by atoms with Crippen molar-refractivity contribution >= 4 is 29.2 Å². The number of methoxy groups -OCH3 is 2. The Labute approximate surface area is 120 Å². The molecule has 0 spiro atoms. The molecule has 0 aliphatic carbocycles. The Morgan fingerprint density at radius 3 is 2.79 bits per heavy atom. The van der Waals surface area contributed by atoms with Gasteiger partial charge in [-0.2, -0.15) is 0 Å². The van der Waals surface area contributed by atoms with Crippen molar-refractivity contribution in [1.82, 2.24) is 9.97 Å². The van der Waals surface area contributed by atoms with E-state index in [-0.39, 0.29) is 0 Å². The summed E-state index contributed by atoms with van der Waals surface area (Å²) in [7, 11) is 3.11. The summed E-state index contributed by atoms with van der Waals surface area (Å²) in [5, 5.41) is 0.452. The van der Waals surface area contributed by atoms with Crippen molar-refractivity contribution in [3.05, 3.63) is 35.7 Å². The zero-order chi connectivity index (χ0) is 13.7. The fraction of sp³-hybridized carbons (Fsp3) is 0.167. The van der Waals surface area contributed by atoms with Crippen molar-refractivity contribution in [1.29, 1.82) is 0 Å². The van der Waals surface area contributed by atoms with E-state index >= 15 is 0 Å². The number of hydrogen-bond acceptors (Lipinski definition) is 6. The molecule has 0 aliphatic rings. The van der Waals surface area contributed by atoms with E-state index in [1.807, 2.05) is 12.1 Å². The first-order valence-electron chi connectivity index (χ1n) is 5.36. The lowest BCUT2D eigenvalue weighted by atomic mass is 10.4. The largest absolute Gasteiger partial charge is 0.491 e. The number of anilines is 1. The summed E-state index contributed by atoms with van der Waals surface area (Å²) >= 11 is 7.32. The maximum atomic E-state index is 5.96. The smallest absolute Gasteiger partial charge is 0.256 e. The van der Waals surface area contributed by atoms with E-state index in [1.165, 1.54) is 11.9 Å². The van der Waals surface area contributed by atoms with Gasteiger partial charge in [0.1, 0.15) is 5.15 Å². The molecule has 0 aliphatic heterocycles. The van der Waals surface area contributed by atoms with E-state index in [2.05, 4.69) is 14.7 Å². The maximum absolute atomic E-state index is 5.96. The molecule has 100 valence electrons. The van der Waals surface area contributed by atoms with Gasteiger partial charge in [0.25, 0.3) is 5.88 Å². The van der Waals surface area contributed by atoms with Crippen LogP contribution in [0.3, 0.4) is 0 Å². The first-order chi connectivity index (χ1) is 9.24. The second kappa shape index (κ2) is 6.49. The van der Waals surface area contributed by atoms with Gasteiger partial charge in [-0.05, 0) is 24.1 Å². The average molecular weight is 298 g/mol. The van der Waals surface area contributed by atoms with Crippen molar-refractivity contribution in [2.75, 3.05) is 18.9 Å². The second-order valence-corrected chi connectivity index (χ2v) is 4.64. The summed E-state index contributed by atoms with van der Waals surface area (Å²) in [6, 6.07) is 5.49. The molecule has 0 bridgehead atoms. The fourth-order valence-electron chi connectivity index (χ4n) is 1.35. The predicted molar refractivity (Wildman–Crippen MR) is 76.1 cm³/mol. The van der Waals surface area contributed by atoms with Gasteiger partial charge in [0.2, 0.25) is 0 Å². The van der Waals surface area contributed by atoms with E-state index in [0.717, 1.165) is 10.6 Å². The van der Waals surface area contributed by atoms with Crippen LogP contribution in [0.4, 0.5) is 5.69 Å². The van der Waals surface area contributed by atoms with Crippen LogP contribution >= 0.6 is 23.5 Å². The Morgan fingerprint density at radius 2 is 2.11 bits per heavy atom. The van der Waals surface area contributed by atoms with Crippen LogP contribution in [0.1, 0.15) is 0 Å². The third kappa shape index (κ3) is 3.42. The number of hydrogen-bond donors (Lipinski definition) is 1. The van der Waals surface area contributed by atoms with E-state index in [4.69, 9.17) is 21.1 Å². The Morgan fingerprint density at radius 1 is 1.26 bits per heavy atom. The monoisotopic (exact) mass is 297 g/mol. The number of rotatable bonds is 5. The minimum atomic E-state index is 0.442. The number of ether oxygens (including phenoxy) is 2. The Kier molecular flexibility index (Phi) is 4.70. The van der Waals surface area contributed by atoms with Gasteiger partial charge in [-0.1, -0.05) is 11.6 Å². The van der Waals surface area contributed by atoms with Gasteiger partial charge < -0.3 is 14.2 Å². The molecule has 0 amide bonds. The van der Waals surface area contributed by atoms with E-state index in [0.29, 0.717) is 16.8 Å². The van der Waals surface area contributed by atoms with Gasteiger partial charge >= 0.3 is 0 Å². The summed E-state index contributed by atoms with van der Waals surface area (Å²) in [6.07, 6.45) is 3.29. The van der Waals surface area contributed by atoms with E-state index < -0.39 is 0 Å². The molecule has 5 nitrogen and oxygen atoms in total. The molecule has 0 saturated heterocycles. The van der Waals surface area contributed by atoms with Gasteiger partial charge in [0, 0.05) is 12.3 Å². The first-order valence-corrected chi connectivity index (χ1v) is 6.55. The lowest BCUT2D eigenvalue weighted by Crippen LogP contribution is -1.95. The minimum absolute atomic E-state index is 0.442. The van der Waals surface area contributed by atoms with Crippen molar-refractivity contribution in [3.63, 3.8) is 0 Å². The molecule has 0 atom stereocenters. The maximum Gasteiger partial charge on any atom is 0.256 e. The van der Waals surface area contributed by atoms with Crippen molar-refractivity contribution in [2.24, 2.45) is 0 Å². The molecule has 0 fully saturated rings. The van der Waals surface area contributed by atoms with E-state index in [9.17, 15) is 0 Å². The fourth-order valence-corrected chi connectivity index (χ4v) is 2.21. The quantitative estimate of drug-likeness (QED) is 0.675. The van der Waals surface area contributed by atoms with E-state index in [1.54, 1.807) is 32.7 Å². The highest BCUT2D eigenvalue weighted by Gasteiger charge is 2.07. The van der Waals surface area contributed by atoms with Gasteiger partial charge in [0.05, 0.1) is 31.0 Å². The average Bonchev–Trinajstić information content (AvgIpc) is 2.46. The van der Waals surface area contributed by atoms with Gasteiger partial charge in [0.15, 0.2) is 5.75 Å². The summed E-state index contributed by atoms with van der Waals surface area (Å²) in [5.74, 6) is 1.00. The highest BCUT2D eigenvalue weighted by molar-refractivity contribution is 8.00. The lowest BCUT2D eigenvalue weighted by molar-refractivity contribution is 0.343. The number of pyridine rings is 2. The first kappa shape index (κ1) is 13.8. The standard InChI is InChI=1S/C12H12ClN3O2S/c1-17-9-6-8(7-15-12(9)18-2)16-19-10-4-3-5-14-11(10)13/h3-7,16H,1-2H3. The van der Waals surface area contributed by atoms with Crippen LogP contribution in [0.2, 0.25) is 5.15 Å². The van der Waals surface area contributed by atoms with Crippen LogP contribution in [0.25, 0.3) is 0 Å². The summed E-state index contributed by atoms with van der Waals surface area (Å²) in [6.45, 7) is 0. The van der Waals surface area contributed by atoms with Crippen LogP contribution in [0.15, 0.2) is 35.5 Å². The molecule has 1 N–H and O–H groups in total. The number of aromatic nitrogens is 2. The Balaban J connectivity index is 2.10. The second-order valence-electron chi connectivity index (χ2n) is 3.43. The topological polar surface area (TPSA) is 56.3 Å². The molecule has 0 radical (unpaired) electrons. The highest BCUT2D eigenvalue weighted by Crippen LogP contribution is 2.30. The van der Waals surface area contributed by atoms with Crippen molar-refractivity contribution < 1.29 is 9.47 Å². The third-order valence-corrected chi connectivity index (χ3v) is 3.54. The van der Waals surface area contributed by atoms with Crippen LogP contribution in [0.5, 0.6) is 11.6 Å². The zero-order valence-electron chi connectivity index (χ0n) is 10.4. The molecule has 2 aromatic rings. The van der Waals surface area contributed by atoms with Gasteiger partial charge in [-0.25, -0.2) is 9.97 Å². The molecule has 2 rings (SSSR count). The molecule has 2 heterocycles. The van der Waals surface area contributed by atoms with Crippen molar-refractivity contribution in [2.45, 2.75) is 4.90 Å². The molecule has 19 heavy (non-hydrogen) atoms. The van der Waals surface area contributed by atoms with Crippen LogP contribution < -0.4 is 14.2 Å².